The van der Waals surface area contributed by atoms with Crippen LogP contribution in [0.2, 0.25) is 0 Å². The van der Waals surface area contributed by atoms with Gasteiger partial charge in [0.15, 0.2) is 0 Å². The number of aromatic nitrogens is 4. The Morgan fingerprint density at radius 1 is 0.909 bits per heavy atom. The molecule has 286 valence electrons. The largest absolute Gasteiger partial charge is 0.480 e. The van der Waals surface area contributed by atoms with Crippen molar-refractivity contribution >= 4 is 27.6 Å². The number of nitrogens with one attached hydrogen (secondary N) is 2. The van der Waals surface area contributed by atoms with Gasteiger partial charge in [-0.25, -0.2) is 36.8 Å². The Hall–Kier alpha value is -6.07. The predicted octanol–water partition coefficient (Wildman–Crippen LogP) is 3.92. The number of sulfonamides is 1. The van der Waals surface area contributed by atoms with E-state index >= 15 is 8.78 Å². The maximum absolute atomic E-state index is 15.2. The highest BCUT2D eigenvalue weighted by molar-refractivity contribution is 7.92. The number of carbonyl (C=O) groups is 2. The van der Waals surface area contributed by atoms with Crippen LogP contribution in [0.15, 0.2) is 87.5 Å². The van der Waals surface area contributed by atoms with Gasteiger partial charge in [-0.2, -0.15) is 0 Å². The molecule has 0 bridgehead atoms. The van der Waals surface area contributed by atoms with E-state index in [1.165, 1.54) is 55.1 Å². The number of anilines is 1. The van der Waals surface area contributed by atoms with E-state index in [1.807, 2.05) is 4.72 Å². The predicted molar refractivity (Wildman–Crippen MR) is 197 cm³/mol. The lowest BCUT2D eigenvalue weighted by Gasteiger charge is -2.20. The minimum Gasteiger partial charge on any atom is -0.480 e. The zero-order valence-electron chi connectivity index (χ0n) is 29.9. The summed E-state index contributed by atoms with van der Waals surface area (Å²) in [4.78, 5) is 58.8. The van der Waals surface area contributed by atoms with E-state index in [9.17, 15) is 32.7 Å². The molecule has 1 atom stereocenters. The summed E-state index contributed by atoms with van der Waals surface area (Å²) in [7, 11) is -1.53. The first-order valence-corrected chi connectivity index (χ1v) is 18.5. The van der Waals surface area contributed by atoms with Gasteiger partial charge in [0.2, 0.25) is 0 Å². The third-order valence-corrected chi connectivity index (χ3v) is 10.9. The summed E-state index contributed by atoms with van der Waals surface area (Å²) in [6.45, 7) is 2.92. The Bertz CT molecular complexity index is 2500. The van der Waals surface area contributed by atoms with Gasteiger partial charge in [-0.1, -0.05) is 36.4 Å². The molecule has 14 nitrogen and oxygen atoms in total. The topological polar surface area (TPSA) is 192 Å². The van der Waals surface area contributed by atoms with Gasteiger partial charge in [-0.15, -0.1) is 0 Å². The highest BCUT2D eigenvalue weighted by Crippen LogP contribution is 2.28. The van der Waals surface area contributed by atoms with Crippen LogP contribution in [0.4, 0.5) is 14.5 Å². The molecular formula is C38H36F2N6O8S. The van der Waals surface area contributed by atoms with E-state index in [0.717, 1.165) is 17.4 Å². The average Bonchev–Trinajstić information content (AvgIpc) is 3.18. The number of carboxylic acid groups (broad SMARTS) is 1. The maximum atomic E-state index is 15.2. The van der Waals surface area contributed by atoms with Crippen LogP contribution in [0.1, 0.15) is 46.2 Å². The summed E-state index contributed by atoms with van der Waals surface area (Å²) in [5.74, 6) is -4.38. The van der Waals surface area contributed by atoms with Crippen molar-refractivity contribution in [1.82, 2.24) is 24.4 Å². The fourth-order valence-corrected chi connectivity index (χ4v) is 7.30. The van der Waals surface area contributed by atoms with Crippen molar-refractivity contribution < 1.29 is 36.6 Å². The van der Waals surface area contributed by atoms with Crippen LogP contribution in [-0.4, -0.2) is 63.8 Å². The van der Waals surface area contributed by atoms with E-state index in [2.05, 4.69) is 15.3 Å². The number of nitrogens with zero attached hydrogens (tertiary/aromatic N) is 4. The molecule has 3 heterocycles. The Balaban J connectivity index is 1.12. The van der Waals surface area contributed by atoms with E-state index in [0.29, 0.717) is 59.1 Å². The summed E-state index contributed by atoms with van der Waals surface area (Å²) in [6, 6.07) is 11.2. The molecule has 5 aromatic rings. The minimum absolute atomic E-state index is 0.206. The smallest absolute Gasteiger partial charge is 0.330 e. The second kappa shape index (κ2) is 15.7. The van der Waals surface area contributed by atoms with Gasteiger partial charge in [0.1, 0.15) is 23.5 Å². The molecule has 55 heavy (non-hydrogen) atoms. The van der Waals surface area contributed by atoms with Crippen LogP contribution >= 0.6 is 0 Å². The molecule has 2 aromatic heterocycles. The molecule has 1 aliphatic heterocycles. The lowest BCUT2D eigenvalue weighted by atomic mass is 9.99. The van der Waals surface area contributed by atoms with Gasteiger partial charge < -0.3 is 19.7 Å². The van der Waals surface area contributed by atoms with Crippen LogP contribution < -0.4 is 21.3 Å². The Kier molecular flexibility index (Phi) is 11.1. The third-order valence-electron chi connectivity index (χ3n) is 9.55. The van der Waals surface area contributed by atoms with Crippen molar-refractivity contribution in [2.45, 2.75) is 43.0 Å². The molecule has 17 heteroatoms. The number of hydrogen-bond acceptors (Lipinski definition) is 9. The second-order valence-electron chi connectivity index (χ2n) is 13.1. The molecule has 0 saturated carbocycles. The first kappa shape index (κ1) is 38.6. The van der Waals surface area contributed by atoms with Crippen LogP contribution in [0.3, 0.4) is 0 Å². The molecule has 0 radical (unpaired) electrons. The van der Waals surface area contributed by atoms with Crippen LogP contribution in [0.5, 0.6) is 0 Å². The van der Waals surface area contributed by atoms with Crippen molar-refractivity contribution in [3.8, 4) is 22.3 Å². The van der Waals surface area contributed by atoms with Crippen LogP contribution in [0, 0.1) is 18.6 Å². The van der Waals surface area contributed by atoms with Crippen molar-refractivity contribution in [2.75, 3.05) is 17.9 Å². The van der Waals surface area contributed by atoms with Crippen LogP contribution in [0.25, 0.3) is 22.3 Å². The van der Waals surface area contributed by atoms with Crippen LogP contribution in [-0.2, 0) is 40.1 Å². The van der Waals surface area contributed by atoms with E-state index < -0.39 is 62.1 Å². The van der Waals surface area contributed by atoms with Crippen molar-refractivity contribution in [3.63, 3.8) is 0 Å². The number of carbonyl (C=O) groups excluding carboxylic acids is 1. The van der Waals surface area contributed by atoms with E-state index in [-0.39, 0.29) is 22.8 Å². The molecule has 0 spiro atoms. The number of hydrogen-bond donors (Lipinski definition) is 3. The first-order valence-electron chi connectivity index (χ1n) is 17.1. The average molecular weight is 775 g/mol. The first-order chi connectivity index (χ1) is 26.1. The number of aliphatic carboxylic acids is 1. The molecule has 6 rings (SSSR count). The van der Waals surface area contributed by atoms with Crippen molar-refractivity contribution in [2.24, 2.45) is 14.1 Å². The second-order valence-corrected chi connectivity index (χ2v) is 14.8. The zero-order valence-corrected chi connectivity index (χ0v) is 30.7. The standard InChI is InChI=1S/C38H36F2N6O8S/c1-21-33(36(48)46(3)38(51)45(21)2)24-6-4-22(5-7-24)16-32(37(49)50)43-35(47)28-17-30(40)31(18-29(28)39)44-55(52,53)27-10-8-23(9-11-27)26-19-41-34(42-20-26)25-12-14-54-15-13-25/h4-11,17-20,25,32,44H,12-16H2,1-3H3,(H,43,47)(H,49,50)/t32-/m0/s1. The van der Waals surface area contributed by atoms with Gasteiger partial charge in [0.25, 0.3) is 21.5 Å². The van der Waals surface area contributed by atoms with Gasteiger partial charge in [0, 0.05) is 69.4 Å². The molecule has 1 saturated heterocycles. The Morgan fingerprint density at radius 3 is 2.15 bits per heavy atom. The third kappa shape index (κ3) is 8.22. The highest BCUT2D eigenvalue weighted by atomic mass is 32.2. The summed E-state index contributed by atoms with van der Waals surface area (Å²) in [5.41, 5.74) is 0.270. The minimum atomic E-state index is -4.41. The van der Waals surface area contributed by atoms with Gasteiger partial charge in [-0.05, 0) is 54.7 Å². The van der Waals surface area contributed by atoms with E-state index in [1.54, 1.807) is 31.5 Å². The Morgan fingerprint density at radius 2 is 1.53 bits per heavy atom. The highest BCUT2D eigenvalue weighted by Gasteiger charge is 2.26. The number of benzene rings is 3. The summed E-state index contributed by atoms with van der Waals surface area (Å²) in [5, 5.41) is 12.0. The number of amides is 1. The quantitative estimate of drug-likeness (QED) is 0.177. The fourth-order valence-electron chi connectivity index (χ4n) is 6.24. The molecular weight excluding hydrogens is 739 g/mol. The SMILES string of the molecule is Cc1c(-c2ccc(C[C@H](NC(=O)c3cc(F)c(NS(=O)(=O)c4ccc(-c5cnc(C6CCOCC6)nc5)cc4)cc3F)C(=O)O)cc2)c(=O)n(C)c(=O)n1C. The van der Waals surface area contributed by atoms with Crippen molar-refractivity contribution in [3.05, 3.63) is 128 Å². The fraction of sp³-hybridized carbons (Fsp3) is 0.263. The molecule has 1 aliphatic rings. The van der Waals surface area contributed by atoms with Crippen molar-refractivity contribution in [1.29, 1.82) is 0 Å². The van der Waals surface area contributed by atoms with E-state index in [4.69, 9.17) is 4.74 Å². The number of halogens is 2. The van der Waals surface area contributed by atoms with Gasteiger partial charge in [-0.3, -0.25) is 18.9 Å². The van der Waals surface area contributed by atoms with Gasteiger partial charge >= 0.3 is 11.7 Å². The Labute approximate surface area is 313 Å². The number of ether oxygens (including phenoxy) is 1. The number of rotatable bonds is 11. The normalized spacial score (nSPS) is 14.0. The zero-order chi connectivity index (χ0) is 39.6. The summed E-state index contributed by atoms with van der Waals surface area (Å²) < 4.78 is 66.3. The lowest BCUT2D eigenvalue weighted by molar-refractivity contribution is -0.139. The molecule has 1 amide bonds. The summed E-state index contributed by atoms with van der Waals surface area (Å²) in [6.07, 6.45) is 4.69. The molecule has 1 fully saturated rings. The molecule has 0 aliphatic carbocycles. The maximum Gasteiger partial charge on any atom is 0.330 e. The lowest BCUT2D eigenvalue weighted by Crippen LogP contribution is -2.42. The number of carboxylic acids is 1. The van der Waals surface area contributed by atoms with Gasteiger partial charge in [0.05, 0.1) is 21.7 Å². The molecule has 0 unspecified atom stereocenters. The molecule has 3 N–H and O–H groups in total. The molecule has 3 aromatic carbocycles. The summed E-state index contributed by atoms with van der Waals surface area (Å²) >= 11 is 0. The monoisotopic (exact) mass is 774 g/mol.